The van der Waals surface area contributed by atoms with Crippen LogP contribution in [0.4, 0.5) is 0 Å². The van der Waals surface area contributed by atoms with Crippen molar-refractivity contribution < 1.29 is 13.9 Å². The quantitative estimate of drug-likeness (QED) is 0.596. The highest BCUT2D eigenvalue weighted by molar-refractivity contribution is 5.88. The van der Waals surface area contributed by atoms with Gasteiger partial charge in [-0.2, -0.15) is 0 Å². The monoisotopic (exact) mass is 244 g/mol. The van der Waals surface area contributed by atoms with Crippen LogP contribution >= 0.6 is 0 Å². The molecule has 3 heteroatoms. The minimum atomic E-state index is -0.477. The van der Waals surface area contributed by atoms with Crippen LogP contribution in [0.2, 0.25) is 0 Å². The van der Waals surface area contributed by atoms with Gasteiger partial charge < -0.3 is 9.15 Å². The highest BCUT2D eigenvalue weighted by Gasteiger charge is 2.13. The standard InChI is InChI=1S/C15H16O3/c1-15(2,3)18-14(16)9-8-12-10-11-6-4-5-7-13(11)17-12/h4-10H,1-3H3. The lowest BCUT2D eigenvalue weighted by Crippen LogP contribution is -2.22. The molecular weight excluding hydrogens is 228 g/mol. The number of hydrogen-bond donors (Lipinski definition) is 0. The van der Waals surface area contributed by atoms with Gasteiger partial charge in [0.25, 0.3) is 0 Å². The Kier molecular flexibility index (Phi) is 3.24. The normalized spacial score (nSPS) is 12.2. The minimum absolute atomic E-state index is 0.372. The third-order valence-corrected chi connectivity index (χ3v) is 2.24. The molecule has 0 saturated carbocycles. The minimum Gasteiger partial charge on any atom is -0.457 e. The molecule has 0 radical (unpaired) electrons. The second-order valence-corrected chi connectivity index (χ2v) is 5.05. The maximum atomic E-state index is 11.5. The summed E-state index contributed by atoms with van der Waals surface area (Å²) in [5.41, 5.74) is 0.330. The predicted molar refractivity (Wildman–Crippen MR) is 71.1 cm³/mol. The molecule has 0 aliphatic carbocycles. The lowest BCUT2D eigenvalue weighted by molar-refractivity contribution is -0.148. The zero-order chi connectivity index (χ0) is 13.2. The molecule has 1 heterocycles. The zero-order valence-corrected chi connectivity index (χ0v) is 10.8. The fourth-order valence-corrected chi connectivity index (χ4v) is 1.57. The van der Waals surface area contributed by atoms with Crippen molar-refractivity contribution in [1.29, 1.82) is 0 Å². The number of ether oxygens (including phenoxy) is 1. The molecular formula is C15H16O3. The summed E-state index contributed by atoms with van der Waals surface area (Å²) >= 11 is 0. The molecule has 1 aromatic heterocycles. The van der Waals surface area contributed by atoms with Crippen molar-refractivity contribution >= 4 is 23.0 Å². The van der Waals surface area contributed by atoms with Gasteiger partial charge in [-0.25, -0.2) is 4.79 Å². The molecule has 0 N–H and O–H groups in total. The van der Waals surface area contributed by atoms with Crippen molar-refractivity contribution in [3.8, 4) is 0 Å². The molecule has 0 fully saturated rings. The summed E-state index contributed by atoms with van der Waals surface area (Å²) in [5, 5.41) is 1.02. The highest BCUT2D eigenvalue weighted by atomic mass is 16.6. The van der Waals surface area contributed by atoms with Gasteiger partial charge in [0.05, 0.1) is 0 Å². The molecule has 0 saturated heterocycles. The smallest absolute Gasteiger partial charge is 0.331 e. The largest absolute Gasteiger partial charge is 0.457 e. The average molecular weight is 244 g/mol. The van der Waals surface area contributed by atoms with E-state index in [1.165, 1.54) is 6.08 Å². The number of furan rings is 1. The highest BCUT2D eigenvalue weighted by Crippen LogP contribution is 2.19. The van der Waals surface area contributed by atoms with Crippen molar-refractivity contribution in [3.05, 3.63) is 42.2 Å². The van der Waals surface area contributed by atoms with E-state index in [9.17, 15) is 4.79 Å². The van der Waals surface area contributed by atoms with Crippen LogP contribution in [0.25, 0.3) is 17.0 Å². The van der Waals surface area contributed by atoms with Crippen LogP contribution in [0.5, 0.6) is 0 Å². The van der Waals surface area contributed by atoms with E-state index in [4.69, 9.17) is 9.15 Å². The van der Waals surface area contributed by atoms with Crippen LogP contribution in [-0.4, -0.2) is 11.6 Å². The van der Waals surface area contributed by atoms with E-state index in [-0.39, 0.29) is 5.97 Å². The molecule has 94 valence electrons. The summed E-state index contributed by atoms with van der Waals surface area (Å²) in [6, 6.07) is 9.59. The Morgan fingerprint density at radius 1 is 1.28 bits per heavy atom. The number of benzene rings is 1. The third kappa shape index (κ3) is 3.23. The van der Waals surface area contributed by atoms with Crippen LogP contribution in [0.15, 0.2) is 40.8 Å². The van der Waals surface area contributed by atoms with Crippen LogP contribution in [0.1, 0.15) is 26.5 Å². The van der Waals surface area contributed by atoms with E-state index in [1.807, 2.05) is 51.1 Å². The van der Waals surface area contributed by atoms with E-state index >= 15 is 0 Å². The van der Waals surface area contributed by atoms with Gasteiger partial charge >= 0.3 is 5.97 Å². The molecule has 0 aliphatic rings. The van der Waals surface area contributed by atoms with E-state index in [0.29, 0.717) is 5.76 Å². The van der Waals surface area contributed by atoms with Gasteiger partial charge in [0.1, 0.15) is 16.9 Å². The van der Waals surface area contributed by atoms with Crippen LogP contribution in [-0.2, 0) is 9.53 Å². The summed E-state index contributed by atoms with van der Waals surface area (Å²) in [5.74, 6) is 0.269. The topological polar surface area (TPSA) is 39.4 Å². The second-order valence-electron chi connectivity index (χ2n) is 5.05. The fraction of sp³-hybridized carbons (Fsp3) is 0.267. The number of carbonyl (C=O) groups is 1. The first kappa shape index (κ1) is 12.4. The van der Waals surface area contributed by atoms with Crippen LogP contribution in [0.3, 0.4) is 0 Å². The first-order valence-electron chi connectivity index (χ1n) is 5.84. The van der Waals surface area contributed by atoms with Gasteiger partial charge in [-0.1, -0.05) is 18.2 Å². The van der Waals surface area contributed by atoms with E-state index in [2.05, 4.69) is 0 Å². The average Bonchev–Trinajstić information content (AvgIpc) is 2.66. The van der Waals surface area contributed by atoms with Gasteiger partial charge in [0, 0.05) is 11.5 Å². The van der Waals surface area contributed by atoms with Gasteiger partial charge in [-0.15, -0.1) is 0 Å². The Balaban J connectivity index is 2.11. The molecule has 0 spiro atoms. The lowest BCUT2D eigenvalue weighted by atomic mass is 10.2. The van der Waals surface area contributed by atoms with E-state index in [0.717, 1.165) is 11.0 Å². The Morgan fingerprint density at radius 3 is 2.67 bits per heavy atom. The summed E-state index contributed by atoms with van der Waals surface area (Å²) in [6.45, 7) is 5.50. The summed E-state index contributed by atoms with van der Waals surface area (Å²) < 4.78 is 10.7. The first-order chi connectivity index (χ1) is 8.44. The van der Waals surface area contributed by atoms with Crippen LogP contribution in [0, 0.1) is 0 Å². The molecule has 0 aliphatic heterocycles. The number of carbonyl (C=O) groups excluding carboxylic acids is 1. The van der Waals surface area contributed by atoms with Crippen LogP contribution < -0.4 is 0 Å². The number of para-hydroxylation sites is 1. The zero-order valence-electron chi connectivity index (χ0n) is 10.8. The third-order valence-electron chi connectivity index (χ3n) is 2.24. The Bertz CT molecular complexity index is 552. The van der Waals surface area contributed by atoms with Crippen molar-refractivity contribution in [2.75, 3.05) is 0 Å². The fourth-order valence-electron chi connectivity index (χ4n) is 1.57. The molecule has 0 unspecified atom stereocenters. The molecule has 0 amide bonds. The van der Waals surface area contributed by atoms with E-state index in [1.54, 1.807) is 6.08 Å². The molecule has 3 nitrogen and oxygen atoms in total. The Hall–Kier alpha value is -2.03. The summed E-state index contributed by atoms with van der Waals surface area (Å²) in [7, 11) is 0. The molecule has 2 aromatic rings. The van der Waals surface area contributed by atoms with Gasteiger partial charge in [0.2, 0.25) is 0 Å². The van der Waals surface area contributed by atoms with Crippen molar-refractivity contribution in [3.63, 3.8) is 0 Å². The predicted octanol–water partition coefficient (Wildman–Crippen LogP) is 3.79. The summed E-state index contributed by atoms with van der Waals surface area (Å²) in [4.78, 5) is 11.5. The second kappa shape index (κ2) is 4.69. The Labute approximate surface area is 106 Å². The maximum Gasteiger partial charge on any atom is 0.331 e. The number of rotatable bonds is 2. The van der Waals surface area contributed by atoms with Gasteiger partial charge in [-0.05, 0) is 39.0 Å². The first-order valence-corrected chi connectivity index (χ1v) is 5.84. The van der Waals surface area contributed by atoms with Crippen molar-refractivity contribution in [2.45, 2.75) is 26.4 Å². The maximum absolute atomic E-state index is 11.5. The number of hydrogen-bond acceptors (Lipinski definition) is 3. The lowest BCUT2D eigenvalue weighted by Gasteiger charge is -2.17. The number of esters is 1. The SMILES string of the molecule is CC(C)(C)OC(=O)C=Cc1cc2ccccc2o1. The van der Waals surface area contributed by atoms with Crippen molar-refractivity contribution in [2.24, 2.45) is 0 Å². The molecule has 2 rings (SSSR count). The molecule has 0 atom stereocenters. The molecule has 0 bridgehead atoms. The Morgan fingerprint density at radius 2 is 2.00 bits per heavy atom. The molecule has 18 heavy (non-hydrogen) atoms. The van der Waals surface area contributed by atoms with Gasteiger partial charge in [0.15, 0.2) is 0 Å². The van der Waals surface area contributed by atoms with Gasteiger partial charge in [-0.3, -0.25) is 0 Å². The van der Waals surface area contributed by atoms with E-state index < -0.39 is 5.60 Å². The summed E-state index contributed by atoms with van der Waals surface area (Å²) in [6.07, 6.45) is 3.00. The van der Waals surface area contributed by atoms with Crippen molar-refractivity contribution in [1.82, 2.24) is 0 Å². The number of fused-ring (bicyclic) bond motifs is 1. The molecule has 1 aromatic carbocycles.